The lowest BCUT2D eigenvalue weighted by Gasteiger charge is -2.14. The van der Waals surface area contributed by atoms with Crippen molar-refractivity contribution in [3.05, 3.63) is 168 Å². The van der Waals surface area contributed by atoms with E-state index in [1.807, 2.05) is 97.1 Å². The summed E-state index contributed by atoms with van der Waals surface area (Å²) in [6.45, 7) is 0. The highest BCUT2D eigenvalue weighted by molar-refractivity contribution is 9.10. The molecule has 0 nitrogen and oxygen atoms in total. The third-order valence-electron chi connectivity index (χ3n) is 7.14. The summed E-state index contributed by atoms with van der Waals surface area (Å²) < 4.78 is 82.1. The molecule has 0 aliphatic rings. The topological polar surface area (TPSA) is 0 Å². The van der Waals surface area contributed by atoms with Gasteiger partial charge in [-0.15, -0.1) is 0 Å². The largest absolute Gasteiger partial charge is 0.0629 e. The molecule has 41 heavy (non-hydrogen) atoms. The van der Waals surface area contributed by atoms with Gasteiger partial charge in [-0.25, -0.2) is 0 Å². The maximum Gasteiger partial charge on any atom is 0.0629 e. The van der Waals surface area contributed by atoms with E-state index in [9.17, 15) is 0 Å². The molecule has 0 radical (unpaired) electrons. The number of benzene rings is 8. The summed E-state index contributed by atoms with van der Waals surface area (Å²) in [5.74, 6) is 0. The highest BCUT2D eigenvalue weighted by Crippen LogP contribution is 2.41. The lowest BCUT2D eigenvalue weighted by molar-refractivity contribution is 1.66. The Morgan fingerprint density at radius 1 is 0.390 bits per heavy atom. The molecule has 0 fully saturated rings. The van der Waals surface area contributed by atoms with Crippen LogP contribution in [0.5, 0.6) is 0 Å². The van der Waals surface area contributed by atoms with Crippen molar-refractivity contribution in [2.75, 3.05) is 0 Å². The van der Waals surface area contributed by atoms with Gasteiger partial charge in [-0.2, -0.15) is 0 Å². The van der Waals surface area contributed by atoms with Gasteiger partial charge in [0.1, 0.15) is 0 Å². The highest BCUT2D eigenvalue weighted by Gasteiger charge is 2.13. The van der Waals surface area contributed by atoms with Gasteiger partial charge in [-0.05, 0) is 87.3 Å². The Morgan fingerprint density at radius 3 is 1.17 bits per heavy atom. The fourth-order valence-electron chi connectivity index (χ4n) is 5.38. The van der Waals surface area contributed by atoms with E-state index < -0.39 is 0 Å². The third-order valence-corrected chi connectivity index (χ3v) is 7.99. The Bertz CT molecular complexity index is 2550. The maximum atomic E-state index is 8.39. The van der Waals surface area contributed by atoms with Crippen LogP contribution in [0, 0.1) is 0 Å². The van der Waals surface area contributed by atoms with Crippen LogP contribution in [0.1, 0.15) is 13.7 Å². The number of rotatable bonds is 2. The SMILES string of the molecule is [2H]c1c([2H])c([2H])c(-c2c3ccccc3c(Br)c3ccccc23)c([2H])c1[2H].[2H]c1c([2H])c([2H])c(-c2c3ccccc3cc3ccccc23)c([2H])c1[2H]. The molecule has 0 unspecified atom stereocenters. The van der Waals surface area contributed by atoms with Crippen LogP contribution in [0.3, 0.4) is 0 Å². The molecule has 0 aliphatic heterocycles. The molecule has 0 atom stereocenters. The van der Waals surface area contributed by atoms with E-state index in [1.165, 1.54) is 0 Å². The zero-order valence-electron chi connectivity index (χ0n) is 31.7. The first-order valence-corrected chi connectivity index (χ1v) is 13.9. The van der Waals surface area contributed by atoms with Crippen molar-refractivity contribution in [3.63, 3.8) is 0 Å². The average molecular weight is 598 g/mol. The predicted molar refractivity (Wildman–Crippen MR) is 181 cm³/mol. The average Bonchev–Trinajstić information content (AvgIpc) is 3.16. The molecule has 0 N–H and O–H groups in total. The number of hydrogen-bond donors (Lipinski definition) is 0. The minimum Gasteiger partial charge on any atom is -0.0622 e. The van der Waals surface area contributed by atoms with Gasteiger partial charge in [0.05, 0.1) is 13.7 Å². The van der Waals surface area contributed by atoms with Crippen LogP contribution >= 0.6 is 15.9 Å². The minimum atomic E-state index is -0.380. The fourth-order valence-corrected chi connectivity index (χ4v) is 6.07. The first-order valence-electron chi connectivity index (χ1n) is 18.1. The Labute approximate surface area is 262 Å². The standard InChI is InChI=1S/C20H13Br.C20H14/c21-20-17-12-6-4-10-15(17)19(14-8-2-1-3-9-14)16-11-5-7-13-18(16)20;1-2-8-15(9-3-1)20-18-12-6-4-10-16(18)14-17-11-5-7-13-19(17)20/h1-13H;1-14H/i2*1D,2D,3D,8D,9D. The molecule has 194 valence electrons. The normalized spacial score (nSPS) is 14.5. The Morgan fingerprint density at radius 2 is 0.732 bits per heavy atom. The van der Waals surface area contributed by atoms with E-state index in [1.54, 1.807) is 0 Å². The second-order valence-electron chi connectivity index (χ2n) is 9.47. The second-order valence-corrected chi connectivity index (χ2v) is 10.3. The van der Waals surface area contributed by atoms with Gasteiger partial charge in [0.2, 0.25) is 0 Å². The van der Waals surface area contributed by atoms with Gasteiger partial charge in [0.25, 0.3) is 0 Å². The lowest BCUT2D eigenvalue weighted by Crippen LogP contribution is -1.86. The first-order chi connectivity index (χ1) is 24.4. The van der Waals surface area contributed by atoms with Gasteiger partial charge < -0.3 is 0 Å². The van der Waals surface area contributed by atoms with Gasteiger partial charge >= 0.3 is 0 Å². The van der Waals surface area contributed by atoms with Crippen molar-refractivity contribution >= 4 is 59.0 Å². The zero-order chi connectivity index (χ0) is 36.3. The molecule has 0 bridgehead atoms. The monoisotopic (exact) mass is 596 g/mol. The van der Waals surface area contributed by atoms with E-state index >= 15 is 0 Å². The van der Waals surface area contributed by atoms with E-state index in [2.05, 4.69) is 22.0 Å². The van der Waals surface area contributed by atoms with E-state index in [0.29, 0.717) is 11.1 Å². The highest BCUT2D eigenvalue weighted by atomic mass is 79.9. The van der Waals surface area contributed by atoms with Crippen molar-refractivity contribution in [1.29, 1.82) is 0 Å². The number of fused-ring (bicyclic) bond motifs is 4. The predicted octanol–water partition coefficient (Wildman–Crippen LogP) is 12.1. The summed E-state index contributed by atoms with van der Waals surface area (Å²) in [5.41, 5.74) is 1.83. The number of hydrogen-bond acceptors (Lipinski definition) is 0. The molecule has 8 aromatic carbocycles. The van der Waals surface area contributed by atoms with Crippen molar-refractivity contribution in [3.8, 4) is 22.3 Å². The third kappa shape index (κ3) is 4.69. The lowest BCUT2D eigenvalue weighted by atomic mass is 9.92. The molecule has 1 heteroatoms. The number of halogens is 1. The smallest absolute Gasteiger partial charge is 0.0622 e. The van der Waals surface area contributed by atoms with Crippen LogP contribution < -0.4 is 0 Å². The Balaban J connectivity index is 0.000000159. The summed E-state index contributed by atoms with van der Waals surface area (Å²) in [6, 6.07) is 30.2. The van der Waals surface area contributed by atoms with Gasteiger partial charge in [0.15, 0.2) is 0 Å². The molecular weight excluding hydrogens is 560 g/mol. The van der Waals surface area contributed by atoms with Gasteiger partial charge in [-0.1, -0.05) is 157 Å². The molecule has 8 aromatic rings. The minimum absolute atomic E-state index is 0.174. The Hall–Kier alpha value is -4.72. The summed E-state index contributed by atoms with van der Waals surface area (Å²) in [6.07, 6.45) is 0. The van der Waals surface area contributed by atoms with Crippen molar-refractivity contribution in [1.82, 2.24) is 0 Å². The molecule has 8 rings (SSSR count). The second kappa shape index (κ2) is 11.0. The molecule has 0 amide bonds. The summed E-state index contributed by atoms with van der Waals surface area (Å²) in [4.78, 5) is 0. The quantitative estimate of drug-likeness (QED) is 0.174. The van der Waals surface area contributed by atoms with Crippen LogP contribution in [-0.4, -0.2) is 0 Å². The molecule has 0 saturated heterocycles. The van der Waals surface area contributed by atoms with E-state index in [0.717, 1.165) is 47.6 Å². The molecule has 0 spiro atoms. The molecule has 0 aromatic heterocycles. The summed E-state index contributed by atoms with van der Waals surface area (Å²) >= 11 is 3.67. The van der Waals surface area contributed by atoms with Gasteiger partial charge in [-0.3, -0.25) is 0 Å². The zero-order valence-corrected chi connectivity index (χ0v) is 23.3. The molecular formula is C40H27Br. The van der Waals surface area contributed by atoms with E-state index in [-0.39, 0.29) is 71.6 Å². The van der Waals surface area contributed by atoms with Crippen LogP contribution in [0.25, 0.3) is 65.3 Å². The van der Waals surface area contributed by atoms with Gasteiger partial charge in [0, 0.05) is 4.47 Å². The maximum absolute atomic E-state index is 8.39. The van der Waals surface area contributed by atoms with Crippen LogP contribution in [0.4, 0.5) is 0 Å². The van der Waals surface area contributed by atoms with E-state index in [4.69, 9.17) is 13.7 Å². The van der Waals surface area contributed by atoms with Crippen molar-refractivity contribution < 1.29 is 13.7 Å². The van der Waals surface area contributed by atoms with Crippen LogP contribution in [-0.2, 0) is 0 Å². The van der Waals surface area contributed by atoms with Crippen molar-refractivity contribution in [2.45, 2.75) is 0 Å². The molecule has 0 aliphatic carbocycles. The summed E-state index contributed by atoms with van der Waals surface area (Å²) in [7, 11) is 0. The van der Waals surface area contributed by atoms with Crippen molar-refractivity contribution in [2.24, 2.45) is 0 Å². The Kier molecular flexibility index (Phi) is 4.45. The summed E-state index contributed by atoms with van der Waals surface area (Å²) in [5, 5.41) is 7.26. The molecule has 0 saturated carbocycles. The first kappa shape index (κ1) is 16.5. The fraction of sp³-hybridized carbons (Fsp3) is 0. The van der Waals surface area contributed by atoms with Crippen LogP contribution in [0.2, 0.25) is 0 Å². The van der Waals surface area contributed by atoms with Crippen LogP contribution in [0.15, 0.2) is 168 Å². The molecule has 0 heterocycles.